The Bertz CT molecular complexity index is 898. The highest BCUT2D eigenvalue weighted by Gasteiger charge is 2.72. The summed E-state index contributed by atoms with van der Waals surface area (Å²) in [5.41, 5.74) is 1.72. The van der Waals surface area contributed by atoms with E-state index in [0.717, 1.165) is 43.9 Å². The molecule has 5 aliphatic carbocycles. The molecular formula is C31H49BrO3. The van der Waals surface area contributed by atoms with Crippen LogP contribution in [0.4, 0.5) is 0 Å². The fourth-order valence-corrected chi connectivity index (χ4v) is 12.1. The van der Waals surface area contributed by atoms with E-state index in [-0.39, 0.29) is 39.1 Å². The molecule has 0 amide bonds. The van der Waals surface area contributed by atoms with Crippen molar-refractivity contribution in [3.8, 4) is 0 Å². The third-order valence-electron chi connectivity index (χ3n) is 13.7. The summed E-state index contributed by atoms with van der Waals surface area (Å²) in [5, 5.41) is 11.8. The van der Waals surface area contributed by atoms with Gasteiger partial charge in [0.25, 0.3) is 0 Å². The van der Waals surface area contributed by atoms with Gasteiger partial charge in [-0.2, -0.15) is 0 Å². The smallest absolute Gasteiger partial charge is 0.312 e. The minimum Gasteiger partial charge on any atom is -0.469 e. The highest BCUT2D eigenvalue weighted by Crippen LogP contribution is 2.77. The van der Waals surface area contributed by atoms with Crippen molar-refractivity contribution in [3.63, 3.8) is 0 Å². The Morgan fingerprint density at radius 2 is 1.63 bits per heavy atom. The molecule has 198 valence electrons. The number of carbonyl (C=O) groups is 1. The van der Waals surface area contributed by atoms with Gasteiger partial charge in [-0.1, -0.05) is 62.7 Å². The van der Waals surface area contributed by atoms with Crippen LogP contribution in [0.1, 0.15) is 98.8 Å². The highest BCUT2D eigenvalue weighted by atomic mass is 79.9. The van der Waals surface area contributed by atoms with Crippen molar-refractivity contribution in [1.29, 1.82) is 0 Å². The minimum atomic E-state index is -0.323. The van der Waals surface area contributed by atoms with Crippen LogP contribution in [0.2, 0.25) is 0 Å². The topological polar surface area (TPSA) is 46.5 Å². The van der Waals surface area contributed by atoms with Gasteiger partial charge in [0.15, 0.2) is 0 Å². The average Bonchev–Trinajstić information content (AvgIpc) is 3.22. The van der Waals surface area contributed by atoms with Gasteiger partial charge in [-0.3, -0.25) is 4.79 Å². The molecule has 5 fully saturated rings. The van der Waals surface area contributed by atoms with Gasteiger partial charge in [0.05, 0.1) is 18.6 Å². The van der Waals surface area contributed by atoms with Crippen molar-refractivity contribution in [2.75, 3.05) is 12.4 Å². The zero-order valence-electron chi connectivity index (χ0n) is 23.1. The van der Waals surface area contributed by atoms with E-state index in [0.29, 0.717) is 29.6 Å². The largest absolute Gasteiger partial charge is 0.469 e. The van der Waals surface area contributed by atoms with E-state index >= 15 is 0 Å². The molecule has 1 N–H and O–H groups in total. The Labute approximate surface area is 222 Å². The summed E-state index contributed by atoms with van der Waals surface area (Å²) in [4.78, 5) is 13.4. The second-order valence-electron chi connectivity index (χ2n) is 14.7. The zero-order chi connectivity index (χ0) is 25.6. The number of hydrogen-bond acceptors (Lipinski definition) is 3. The van der Waals surface area contributed by atoms with E-state index in [1.807, 2.05) is 0 Å². The Morgan fingerprint density at radius 3 is 2.29 bits per heavy atom. The first kappa shape index (κ1) is 26.3. The van der Waals surface area contributed by atoms with E-state index < -0.39 is 0 Å². The van der Waals surface area contributed by atoms with E-state index in [4.69, 9.17) is 4.74 Å². The van der Waals surface area contributed by atoms with Crippen molar-refractivity contribution in [2.45, 2.75) is 105 Å². The fraction of sp³-hybridized carbons (Fsp3) is 0.903. The maximum atomic E-state index is 13.4. The van der Waals surface area contributed by atoms with Crippen molar-refractivity contribution in [2.24, 2.45) is 56.7 Å². The van der Waals surface area contributed by atoms with Crippen LogP contribution in [0.5, 0.6) is 0 Å². The molecule has 3 nitrogen and oxygen atoms in total. The van der Waals surface area contributed by atoms with Gasteiger partial charge >= 0.3 is 5.97 Å². The van der Waals surface area contributed by atoms with Crippen LogP contribution in [-0.4, -0.2) is 29.6 Å². The fourth-order valence-electron chi connectivity index (χ4n) is 11.7. The summed E-state index contributed by atoms with van der Waals surface area (Å²) < 4.78 is 5.52. The quantitative estimate of drug-likeness (QED) is 0.225. The predicted molar refractivity (Wildman–Crippen MR) is 145 cm³/mol. The van der Waals surface area contributed by atoms with Crippen molar-refractivity contribution < 1.29 is 14.6 Å². The summed E-state index contributed by atoms with van der Waals surface area (Å²) in [6, 6.07) is 0. The van der Waals surface area contributed by atoms with Gasteiger partial charge in [-0.25, -0.2) is 0 Å². The first-order valence-corrected chi connectivity index (χ1v) is 15.5. The van der Waals surface area contributed by atoms with Crippen LogP contribution in [0.15, 0.2) is 12.2 Å². The lowest BCUT2D eigenvalue weighted by Gasteiger charge is -2.72. The first-order chi connectivity index (χ1) is 16.3. The molecule has 0 aromatic rings. The molecule has 0 aliphatic heterocycles. The second kappa shape index (κ2) is 8.32. The van der Waals surface area contributed by atoms with Crippen LogP contribution in [-0.2, 0) is 9.53 Å². The molecule has 0 saturated heterocycles. The molecule has 5 aliphatic rings. The van der Waals surface area contributed by atoms with Crippen molar-refractivity contribution in [1.82, 2.24) is 0 Å². The SMILES string of the molecule is C=C(CBr)[C@@H]1CC[C@]2(C(=O)OC)CC[C@]3(C)[C@H](CC[C@@H]4[C@@]5(C)CC[C@H](O)C(C)(C)[C@@H]5CC[C@]43C)[C@@H]12. The number of rotatable bonds is 3. The lowest BCUT2D eigenvalue weighted by atomic mass is 9.32. The lowest BCUT2D eigenvalue weighted by Crippen LogP contribution is -2.67. The van der Waals surface area contributed by atoms with Gasteiger partial charge in [0.1, 0.15) is 0 Å². The number of halogens is 1. The number of allylic oxidation sites excluding steroid dienone is 1. The number of hydrogen-bond donors (Lipinski definition) is 1. The van der Waals surface area contributed by atoms with E-state index in [9.17, 15) is 9.90 Å². The molecule has 0 unspecified atom stereocenters. The van der Waals surface area contributed by atoms with Crippen LogP contribution in [0.25, 0.3) is 0 Å². The van der Waals surface area contributed by atoms with Crippen LogP contribution in [0, 0.1) is 56.7 Å². The van der Waals surface area contributed by atoms with Crippen LogP contribution >= 0.6 is 15.9 Å². The summed E-state index contributed by atoms with van der Waals surface area (Å²) in [7, 11) is 1.59. The molecule has 0 aromatic carbocycles. The molecule has 5 rings (SSSR count). The molecule has 0 bridgehead atoms. The Morgan fingerprint density at radius 1 is 0.914 bits per heavy atom. The van der Waals surface area contributed by atoms with Gasteiger partial charge in [0, 0.05) is 5.33 Å². The number of fused-ring (bicyclic) bond motifs is 7. The molecule has 35 heavy (non-hydrogen) atoms. The number of esters is 1. The number of methoxy groups -OCH3 is 1. The standard InChI is InChI=1S/C31H49BrO3/c1-19(18-32)20-10-15-31(26(34)35-7)17-16-29(5)21(25(20)31)8-9-23-28(4)13-12-24(33)27(2,3)22(28)11-14-30(23,29)6/h20-25,33H,1,8-18H2,2-7H3/t20-,21+,22-,23+,24-,25+,28-,29+,30+,31-/m0/s1. The first-order valence-electron chi connectivity index (χ1n) is 14.3. The molecule has 0 radical (unpaired) electrons. The summed E-state index contributed by atoms with van der Waals surface area (Å²) in [6.07, 6.45) is 11.0. The number of ether oxygens (including phenoxy) is 1. The number of aliphatic hydroxyl groups is 1. The molecule has 0 heterocycles. The van der Waals surface area contributed by atoms with Crippen LogP contribution in [0.3, 0.4) is 0 Å². The Kier molecular flexibility index (Phi) is 6.25. The number of aliphatic hydroxyl groups excluding tert-OH is 1. The second-order valence-corrected chi connectivity index (χ2v) is 15.2. The van der Waals surface area contributed by atoms with E-state index in [2.05, 4.69) is 57.1 Å². The molecule has 4 heteroatoms. The summed E-state index contributed by atoms with van der Waals surface area (Å²) in [6.45, 7) is 17.0. The third-order valence-corrected chi connectivity index (χ3v) is 14.4. The lowest BCUT2D eigenvalue weighted by molar-refractivity contribution is -0.248. The van der Waals surface area contributed by atoms with E-state index in [1.165, 1.54) is 31.3 Å². The monoisotopic (exact) mass is 548 g/mol. The highest BCUT2D eigenvalue weighted by molar-refractivity contribution is 9.09. The number of carbonyl (C=O) groups excluding carboxylic acids is 1. The van der Waals surface area contributed by atoms with Crippen molar-refractivity contribution in [3.05, 3.63) is 12.2 Å². The normalized spacial score (nSPS) is 52.5. The Balaban J connectivity index is 1.56. The Hall–Kier alpha value is -0.350. The molecule has 0 spiro atoms. The van der Waals surface area contributed by atoms with Gasteiger partial charge in [0.2, 0.25) is 0 Å². The third kappa shape index (κ3) is 3.20. The van der Waals surface area contributed by atoms with Gasteiger partial charge in [-0.15, -0.1) is 0 Å². The van der Waals surface area contributed by atoms with Gasteiger partial charge < -0.3 is 9.84 Å². The van der Waals surface area contributed by atoms with Crippen LogP contribution < -0.4 is 0 Å². The molecule has 0 aromatic heterocycles. The maximum Gasteiger partial charge on any atom is 0.312 e. The van der Waals surface area contributed by atoms with Gasteiger partial charge in [-0.05, 0) is 115 Å². The summed E-state index contributed by atoms with van der Waals surface area (Å²) >= 11 is 3.70. The molecule has 10 atom stereocenters. The van der Waals surface area contributed by atoms with Crippen molar-refractivity contribution >= 4 is 21.9 Å². The van der Waals surface area contributed by atoms with E-state index in [1.54, 1.807) is 7.11 Å². The maximum absolute atomic E-state index is 13.4. The number of alkyl halides is 1. The summed E-state index contributed by atoms with van der Waals surface area (Å²) in [5.74, 6) is 2.62. The minimum absolute atomic E-state index is 0.0111. The molecular weight excluding hydrogens is 500 g/mol. The average molecular weight is 550 g/mol. The molecule has 5 saturated carbocycles. The predicted octanol–water partition coefficient (Wildman–Crippen LogP) is 7.55. The zero-order valence-corrected chi connectivity index (χ0v) is 24.7.